The van der Waals surface area contributed by atoms with Crippen LogP contribution in [0.3, 0.4) is 0 Å². The first-order valence-electron chi connectivity index (χ1n) is 12.0. The molecule has 0 fully saturated rings. The molecule has 0 N–H and O–H groups in total. The normalized spacial score (nSPS) is 12.0. The van der Waals surface area contributed by atoms with Gasteiger partial charge in [-0.15, -0.1) is 0 Å². The van der Waals surface area contributed by atoms with Gasteiger partial charge >= 0.3 is 0 Å². The number of rotatable bonds is 6. The Kier molecular flexibility index (Phi) is 4.44. The van der Waals surface area contributed by atoms with Gasteiger partial charge in [0.1, 0.15) is 22.7 Å². The zero-order valence-corrected chi connectivity index (χ0v) is 18.9. The quantitative estimate of drug-likeness (QED) is 0.259. The monoisotopic (exact) mass is 440 g/mol. The lowest BCUT2D eigenvalue weighted by atomic mass is 9.79. The molecule has 0 bridgehead atoms. The van der Waals surface area contributed by atoms with E-state index in [0.717, 1.165) is 48.4 Å². The summed E-state index contributed by atoms with van der Waals surface area (Å²) in [5.41, 5.74) is 9.60. The van der Waals surface area contributed by atoms with E-state index in [4.69, 9.17) is 8.83 Å². The standard InChI is InChI=1S/C32H24O2/c1-3-7-21(8-4-1)11-15-25-19-23-13-17-27-29(31(23)33-25)28-18-14-24-20-26(34-32(24)30(27)28)16-12-22-9-5-2-6-10-22/h1-10,13-14,17-20H,11-12,15-16H2. The molecule has 2 heterocycles. The highest BCUT2D eigenvalue weighted by atomic mass is 16.3. The van der Waals surface area contributed by atoms with Crippen molar-refractivity contribution < 1.29 is 8.83 Å². The molecule has 34 heavy (non-hydrogen) atoms. The molecule has 2 heteroatoms. The van der Waals surface area contributed by atoms with Crippen molar-refractivity contribution in [3.8, 4) is 22.3 Å². The van der Waals surface area contributed by atoms with Crippen LogP contribution in [0, 0.1) is 0 Å². The SMILES string of the molecule is c1ccc(CCc2cc3ccc4c(c3o2)-c2ccc3cc(CCc5ccccc5)oc3c2-4)cc1. The molecule has 0 spiro atoms. The third-order valence-corrected chi connectivity index (χ3v) is 7.02. The van der Waals surface area contributed by atoms with E-state index in [1.54, 1.807) is 0 Å². The Labute approximate surface area is 198 Å². The predicted octanol–water partition coefficient (Wildman–Crippen LogP) is 8.40. The highest BCUT2D eigenvalue weighted by molar-refractivity contribution is 6.19. The number of aryl methyl sites for hydroxylation is 4. The van der Waals surface area contributed by atoms with Gasteiger partial charge in [0.2, 0.25) is 0 Å². The number of benzene rings is 4. The fraction of sp³-hybridized carbons (Fsp3) is 0.125. The van der Waals surface area contributed by atoms with Crippen LogP contribution in [0.4, 0.5) is 0 Å². The van der Waals surface area contributed by atoms with Crippen LogP contribution in [0.25, 0.3) is 44.2 Å². The van der Waals surface area contributed by atoms with E-state index in [2.05, 4.69) is 97.1 Å². The van der Waals surface area contributed by atoms with Crippen molar-refractivity contribution in [2.75, 3.05) is 0 Å². The van der Waals surface area contributed by atoms with Gasteiger partial charge in [-0.1, -0.05) is 84.9 Å². The van der Waals surface area contributed by atoms with Gasteiger partial charge < -0.3 is 8.83 Å². The molecule has 2 nitrogen and oxygen atoms in total. The molecule has 0 saturated carbocycles. The summed E-state index contributed by atoms with van der Waals surface area (Å²) in [6.45, 7) is 0. The summed E-state index contributed by atoms with van der Waals surface area (Å²) in [4.78, 5) is 0. The van der Waals surface area contributed by atoms with Crippen molar-refractivity contribution >= 4 is 21.9 Å². The zero-order chi connectivity index (χ0) is 22.5. The van der Waals surface area contributed by atoms with Crippen molar-refractivity contribution in [2.24, 2.45) is 0 Å². The number of fused-ring (bicyclic) bond motifs is 8. The number of furan rings is 2. The first-order valence-corrected chi connectivity index (χ1v) is 12.0. The predicted molar refractivity (Wildman–Crippen MR) is 138 cm³/mol. The maximum atomic E-state index is 6.38. The first kappa shape index (κ1) is 19.4. The minimum atomic E-state index is 0.905. The summed E-state index contributed by atoms with van der Waals surface area (Å²) < 4.78 is 12.8. The van der Waals surface area contributed by atoms with E-state index in [1.165, 1.54) is 44.2 Å². The summed E-state index contributed by atoms with van der Waals surface area (Å²) in [6, 6.07) is 34.4. The van der Waals surface area contributed by atoms with Gasteiger partial charge in [0.25, 0.3) is 0 Å². The van der Waals surface area contributed by atoms with E-state index in [1.807, 2.05) is 0 Å². The van der Waals surface area contributed by atoms with Crippen molar-refractivity contribution in [1.29, 1.82) is 0 Å². The van der Waals surface area contributed by atoms with Crippen molar-refractivity contribution in [1.82, 2.24) is 0 Å². The maximum absolute atomic E-state index is 6.38. The Morgan fingerprint density at radius 1 is 0.441 bits per heavy atom. The van der Waals surface area contributed by atoms with Crippen LogP contribution < -0.4 is 0 Å². The van der Waals surface area contributed by atoms with Gasteiger partial charge in [0.15, 0.2) is 0 Å². The van der Waals surface area contributed by atoms with Crippen LogP contribution in [0.2, 0.25) is 0 Å². The van der Waals surface area contributed by atoms with Gasteiger partial charge in [-0.05, 0) is 47.2 Å². The summed E-state index contributed by atoms with van der Waals surface area (Å²) >= 11 is 0. The third-order valence-electron chi connectivity index (χ3n) is 7.02. The molecule has 0 amide bonds. The van der Waals surface area contributed by atoms with Crippen LogP contribution in [0.15, 0.2) is 106 Å². The smallest absolute Gasteiger partial charge is 0.142 e. The fourth-order valence-electron chi connectivity index (χ4n) is 5.27. The lowest BCUT2D eigenvalue weighted by Gasteiger charge is -2.23. The van der Waals surface area contributed by atoms with Crippen molar-refractivity contribution in [2.45, 2.75) is 25.7 Å². The van der Waals surface area contributed by atoms with Crippen LogP contribution in [0.1, 0.15) is 22.6 Å². The molecule has 1 aliphatic rings. The lowest BCUT2D eigenvalue weighted by Crippen LogP contribution is -1.99. The molecule has 4 aromatic carbocycles. The molecule has 7 rings (SSSR count). The molecule has 164 valence electrons. The van der Waals surface area contributed by atoms with Gasteiger partial charge in [-0.3, -0.25) is 0 Å². The van der Waals surface area contributed by atoms with E-state index < -0.39 is 0 Å². The van der Waals surface area contributed by atoms with Gasteiger partial charge in [0, 0.05) is 34.7 Å². The van der Waals surface area contributed by atoms with E-state index in [-0.39, 0.29) is 0 Å². The highest BCUT2D eigenvalue weighted by Gasteiger charge is 2.30. The van der Waals surface area contributed by atoms with Crippen LogP contribution in [0.5, 0.6) is 0 Å². The summed E-state index contributed by atoms with van der Waals surface area (Å²) in [7, 11) is 0. The third kappa shape index (κ3) is 3.18. The van der Waals surface area contributed by atoms with E-state index >= 15 is 0 Å². The van der Waals surface area contributed by atoms with Crippen molar-refractivity contribution in [3.63, 3.8) is 0 Å². The van der Waals surface area contributed by atoms with E-state index in [9.17, 15) is 0 Å². The Bertz CT molecular complexity index is 1500. The second kappa shape index (κ2) is 7.78. The summed E-state index contributed by atoms with van der Waals surface area (Å²) in [5.74, 6) is 2.09. The van der Waals surface area contributed by atoms with Gasteiger partial charge in [-0.2, -0.15) is 0 Å². The number of hydrogen-bond acceptors (Lipinski definition) is 2. The van der Waals surface area contributed by atoms with Crippen LogP contribution >= 0.6 is 0 Å². The summed E-state index contributed by atoms with van der Waals surface area (Å²) in [5, 5.41) is 2.35. The Balaban J connectivity index is 1.19. The van der Waals surface area contributed by atoms with E-state index in [0.29, 0.717) is 0 Å². The average molecular weight is 441 g/mol. The second-order valence-corrected chi connectivity index (χ2v) is 9.21. The van der Waals surface area contributed by atoms with Crippen LogP contribution in [-0.2, 0) is 25.7 Å². The molecule has 0 saturated heterocycles. The van der Waals surface area contributed by atoms with Crippen molar-refractivity contribution in [3.05, 3.63) is 120 Å². The molecule has 1 aliphatic carbocycles. The molecule has 0 atom stereocenters. The lowest BCUT2D eigenvalue weighted by molar-refractivity contribution is 0.546. The first-order chi connectivity index (χ1) is 16.8. The molecular weight excluding hydrogens is 416 g/mol. The molecule has 0 radical (unpaired) electrons. The Morgan fingerprint density at radius 2 is 0.882 bits per heavy atom. The molecule has 2 aromatic heterocycles. The molecule has 0 aliphatic heterocycles. The van der Waals surface area contributed by atoms with Gasteiger partial charge in [-0.25, -0.2) is 0 Å². The maximum Gasteiger partial charge on any atom is 0.142 e. The average Bonchev–Trinajstić information content (AvgIpc) is 3.47. The largest absolute Gasteiger partial charge is 0.460 e. The summed E-state index contributed by atoms with van der Waals surface area (Å²) in [6.07, 6.45) is 3.78. The second-order valence-electron chi connectivity index (χ2n) is 9.21. The Morgan fingerprint density at radius 3 is 1.32 bits per heavy atom. The van der Waals surface area contributed by atoms with Gasteiger partial charge in [0.05, 0.1) is 0 Å². The number of hydrogen-bond donors (Lipinski definition) is 0. The topological polar surface area (TPSA) is 26.3 Å². The van der Waals surface area contributed by atoms with Crippen LogP contribution in [-0.4, -0.2) is 0 Å². The minimum Gasteiger partial charge on any atom is -0.460 e. The molecule has 0 unspecified atom stereocenters. The minimum absolute atomic E-state index is 0.905. The fourth-order valence-corrected chi connectivity index (χ4v) is 5.27. The highest BCUT2D eigenvalue weighted by Crippen LogP contribution is 2.54. The Hall–Kier alpha value is -4.04. The molecular formula is C32H24O2. The zero-order valence-electron chi connectivity index (χ0n) is 18.9. The molecule has 6 aromatic rings.